The highest BCUT2D eigenvalue weighted by Crippen LogP contribution is 2.19. The molecule has 0 aliphatic carbocycles. The highest BCUT2D eigenvalue weighted by molar-refractivity contribution is 5.77. The Kier molecular flexibility index (Phi) is 5.41. The number of nitrogens with zero attached hydrogens (tertiary/aromatic N) is 1. The van der Waals surface area contributed by atoms with Crippen molar-refractivity contribution in [3.63, 3.8) is 0 Å². The number of carbonyl (C=O) groups excluding carboxylic acids is 1. The first-order valence-electron chi connectivity index (χ1n) is 7.35. The normalized spacial score (nSPS) is 17.4. The van der Waals surface area contributed by atoms with Crippen molar-refractivity contribution in [2.24, 2.45) is 0 Å². The molecule has 1 aliphatic rings. The van der Waals surface area contributed by atoms with E-state index in [9.17, 15) is 9.90 Å². The highest BCUT2D eigenvalue weighted by Gasteiger charge is 2.15. The minimum atomic E-state index is -0.528. The molecule has 1 fully saturated rings. The largest absolute Gasteiger partial charge is 0.484 e. The maximum Gasteiger partial charge on any atom is 0.260 e. The van der Waals surface area contributed by atoms with Crippen LogP contribution in [0.25, 0.3) is 0 Å². The fraction of sp³-hybridized carbons (Fsp3) is 0.562. The van der Waals surface area contributed by atoms with Gasteiger partial charge in [0.05, 0.1) is 6.10 Å². The number of amides is 1. The molecule has 0 bridgehead atoms. The molecule has 1 amide bonds. The van der Waals surface area contributed by atoms with Crippen LogP contribution >= 0.6 is 0 Å². The van der Waals surface area contributed by atoms with Crippen LogP contribution in [0.15, 0.2) is 24.3 Å². The number of benzene rings is 1. The SMILES string of the molecule is C[C@H](O)c1cccc(OCC(=O)N2CCCCCC2)c1. The molecule has 1 heterocycles. The van der Waals surface area contributed by atoms with Gasteiger partial charge in [0, 0.05) is 13.1 Å². The Labute approximate surface area is 120 Å². The Morgan fingerprint density at radius 2 is 2.00 bits per heavy atom. The third kappa shape index (κ3) is 4.23. The van der Waals surface area contributed by atoms with Crippen LogP contribution < -0.4 is 4.74 Å². The molecule has 1 aromatic rings. The molecular formula is C16H23NO3. The number of likely N-dealkylation sites (tertiary alicyclic amines) is 1. The molecular weight excluding hydrogens is 254 g/mol. The zero-order valence-corrected chi connectivity index (χ0v) is 12.0. The highest BCUT2D eigenvalue weighted by atomic mass is 16.5. The van der Waals surface area contributed by atoms with Crippen molar-refractivity contribution in [2.45, 2.75) is 38.7 Å². The second kappa shape index (κ2) is 7.29. The smallest absolute Gasteiger partial charge is 0.260 e. The minimum Gasteiger partial charge on any atom is -0.484 e. The zero-order valence-electron chi connectivity index (χ0n) is 12.0. The van der Waals surface area contributed by atoms with E-state index in [2.05, 4.69) is 0 Å². The van der Waals surface area contributed by atoms with Crippen LogP contribution in [0.3, 0.4) is 0 Å². The minimum absolute atomic E-state index is 0.0503. The van der Waals surface area contributed by atoms with Gasteiger partial charge in [0.2, 0.25) is 0 Å². The first-order chi connectivity index (χ1) is 9.66. The topological polar surface area (TPSA) is 49.8 Å². The number of carbonyl (C=O) groups is 1. The predicted octanol–water partition coefficient (Wildman–Crippen LogP) is 2.52. The fourth-order valence-corrected chi connectivity index (χ4v) is 2.42. The van der Waals surface area contributed by atoms with Gasteiger partial charge >= 0.3 is 0 Å². The Morgan fingerprint density at radius 3 is 2.65 bits per heavy atom. The third-order valence-corrected chi connectivity index (χ3v) is 3.66. The van der Waals surface area contributed by atoms with E-state index in [4.69, 9.17) is 4.74 Å². The molecule has 1 N–H and O–H groups in total. The standard InChI is InChI=1S/C16H23NO3/c1-13(18)14-7-6-8-15(11-14)20-12-16(19)17-9-4-2-3-5-10-17/h6-8,11,13,18H,2-5,9-10,12H2,1H3/t13-/m0/s1. The number of ether oxygens (including phenoxy) is 1. The zero-order chi connectivity index (χ0) is 14.4. The summed E-state index contributed by atoms with van der Waals surface area (Å²) in [4.78, 5) is 14.0. The van der Waals surface area contributed by atoms with Crippen LogP contribution in [0.5, 0.6) is 5.75 Å². The summed E-state index contributed by atoms with van der Waals surface area (Å²) in [5.74, 6) is 0.681. The molecule has 2 rings (SSSR count). The molecule has 20 heavy (non-hydrogen) atoms. The van der Waals surface area contributed by atoms with E-state index in [1.54, 1.807) is 13.0 Å². The fourth-order valence-electron chi connectivity index (χ4n) is 2.42. The molecule has 0 saturated carbocycles. The molecule has 4 heteroatoms. The van der Waals surface area contributed by atoms with E-state index in [0.29, 0.717) is 5.75 Å². The summed E-state index contributed by atoms with van der Waals surface area (Å²) in [5.41, 5.74) is 0.796. The summed E-state index contributed by atoms with van der Waals surface area (Å²) in [6.07, 6.45) is 4.06. The molecule has 110 valence electrons. The van der Waals surface area contributed by atoms with Crippen molar-refractivity contribution in [3.05, 3.63) is 29.8 Å². The first-order valence-corrected chi connectivity index (χ1v) is 7.35. The van der Waals surface area contributed by atoms with Crippen molar-refractivity contribution in [1.82, 2.24) is 4.90 Å². The lowest BCUT2D eigenvalue weighted by atomic mass is 10.1. The van der Waals surface area contributed by atoms with E-state index in [-0.39, 0.29) is 12.5 Å². The van der Waals surface area contributed by atoms with Gasteiger partial charge in [-0.15, -0.1) is 0 Å². The Balaban J connectivity index is 1.87. The van der Waals surface area contributed by atoms with Gasteiger partial charge in [-0.05, 0) is 37.5 Å². The monoisotopic (exact) mass is 277 g/mol. The molecule has 0 radical (unpaired) electrons. The summed E-state index contributed by atoms with van der Waals surface area (Å²) in [6.45, 7) is 3.47. The maximum atomic E-state index is 12.1. The maximum absolute atomic E-state index is 12.1. The van der Waals surface area contributed by atoms with Crippen molar-refractivity contribution in [1.29, 1.82) is 0 Å². The van der Waals surface area contributed by atoms with Crippen LogP contribution in [0.4, 0.5) is 0 Å². The number of rotatable bonds is 4. The van der Waals surface area contributed by atoms with Crippen LogP contribution in [-0.4, -0.2) is 35.6 Å². The Hall–Kier alpha value is -1.55. The summed E-state index contributed by atoms with van der Waals surface area (Å²) < 4.78 is 5.55. The predicted molar refractivity (Wildman–Crippen MR) is 77.6 cm³/mol. The van der Waals surface area contributed by atoms with Gasteiger partial charge in [0.1, 0.15) is 5.75 Å². The quantitative estimate of drug-likeness (QED) is 0.920. The average Bonchev–Trinajstić information content (AvgIpc) is 2.74. The van der Waals surface area contributed by atoms with Gasteiger partial charge in [0.15, 0.2) is 6.61 Å². The summed E-state index contributed by atoms with van der Waals surface area (Å²) in [5, 5.41) is 9.53. The van der Waals surface area contributed by atoms with E-state index in [1.165, 1.54) is 12.8 Å². The van der Waals surface area contributed by atoms with E-state index < -0.39 is 6.10 Å². The third-order valence-electron chi connectivity index (χ3n) is 3.66. The van der Waals surface area contributed by atoms with Crippen LogP contribution in [-0.2, 0) is 4.79 Å². The van der Waals surface area contributed by atoms with Crippen LogP contribution in [0, 0.1) is 0 Å². The lowest BCUT2D eigenvalue weighted by molar-refractivity contribution is -0.133. The molecule has 1 aromatic carbocycles. The number of hydrogen-bond acceptors (Lipinski definition) is 3. The van der Waals surface area contributed by atoms with Gasteiger partial charge in [0.25, 0.3) is 5.91 Å². The molecule has 0 unspecified atom stereocenters. The van der Waals surface area contributed by atoms with Gasteiger partial charge in [-0.3, -0.25) is 4.79 Å². The molecule has 1 atom stereocenters. The second-order valence-electron chi connectivity index (χ2n) is 5.33. The first kappa shape index (κ1) is 14.9. The van der Waals surface area contributed by atoms with E-state index >= 15 is 0 Å². The lowest BCUT2D eigenvalue weighted by Crippen LogP contribution is -2.35. The van der Waals surface area contributed by atoms with E-state index in [1.807, 2.05) is 23.1 Å². The van der Waals surface area contributed by atoms with Gasteiger partial charge in [-0.25, -0.2) is 0 Å². The average molecular weight is 277 g/mol. The summed E-state index contributed by atoms with van der Waals surface area (Å²) in [6, 6.07) is 7.25. The molecule has 0 spiro atoms. The van der Waals surface area contributed by atoms with Gasteiger partial charge < -0.3 is 14.7 Å². The number of hydrogen-bond donors (Lipinski definition) is 1. The van der Waals surface area contributed by atoms with Crippen LogP contribution in [0.2, 0.25) is 0 Å². The van der Waals surface area contributed by atoms with Crippen molar-refractivity contribution < 1.29 is 14.6 Å². The molecule has 1 saturated heterocycles. The van der Waals surface area contributed by atoms with Gasteiger partial charge in [-0.1, -0.05) is 25.0 Å². The van der Waals surface area contributed by atoms with Gasteiger partial charge in [-0.2, -0.15) is 0 Å². The number of aliphatic hydroxyl groups is 1. The Morgan fingerprint density at radius 1 is 1.30 bits per heavy atom. The number of aliphatic hydroxyl groups excluding tert-OH is 1. The van der Waals surface area contributed by atoms with Crippen LogP contribution in [0.1, 0.15) is 44.3 Å². The molecule has 4 nitrogen and oxygen atoms in total. The molecule has 0 aromatic heterocycles. The van der Waals surface area contributed by atoms with E-state index in [0.717, 1.165) is 31.5 Å². The van der Waals surface area contributed by atoms with Crippen molar-refractivity contribution in [3.8, 4) is 5.75 Å². The Bertz CT molecular complexity index is 437. The van der Waals surface area contributed by atoms with Crippen molar-refractivity contribution >= 4 is 5.91 Å². The molecule has 1 aliphatic heterocycles. The second-order valence-corrected chi connectivity index (χ2v) is 5.33. The summed E-state index contributed by atoms with van der Waals surface area (Å²) in [7, 11) is 0. The summed E-state index contributed by atoms with van der Waals surface area (Å²) >= 11 is 0. The van der Waals surface area contributed by atoms with Crippen molar-refractivity contribution in [2.75, 3.05) is 19.7 Å². The lowest BCUT2D eigenvalue weighted by Gasteiger charge is -2.20.